The van der Waals surface area contributed by atoms with Crippen LogP contribution in [-0.2, 0) is 7.05 Å². The van der Waals surface area contributed by atoms with E-state index in [1.54, 1.807) is 35.9 Å². The molecule has 1 aromatic carbocycles. The average Bonchev–Trinajstić information content (AvgIpc) is 2.80. The van der Waals surface area contributed by atoms with E-state index in [0.29, 0.717) is 30.4 Å². The number of imidazole rings is 1. The third kappa shape index (κ3) is 3.04. The van der Waals surface area contributed by atoms with Gasteiger partial charge in [0.1, 0.15) is 12.4 Å². The predicted octanol–water partition coefficient (Wildman–Crippen LogP) is 1.41. The van der Waals surface area contributed by atoms with E-state index in [-0.39, 0.29) is 5.82 Å². The van der Waals surface area contributed by atoms with Crippen molar-refractivity contribution in [2.75, 3.05) is 18.5 Å². The number of hydrogen-bond acceptors (Lipinski definition) is 6. The monoisotopic (exact) mass is 277 g/mol. The average molecular weight is 277 g/mol. The number of nitrogens with two attached hydrogens (primary N) is 1. The van der Waals surface area contributed by atoms with Crippen LogP contribution in [0.2, 0.25) is 0 Å². The van der Waals surface area contributed by atoms with Gasteiger partial charge in [-0.05, 0) is 34.2 Å². The maximum Gasteiger partial charge on any atom is 0.406 e. The van der Waals surface area contributed by atoms with Crippen molar-refractivity contribution in [1.82, 2.24) is 9.55 Å². The first-order valence-electron chi connectivity index (χ1n) is 5.97. The van der Waals surface area contributed by atoms with Gasteiger partial charge in [-0.15, -0.1) is 0 Å². The molecule has 3 N–H and O–H groups in total. The molecule has 2 rings (SSSR count). The van der Waals surface area contributed by atoms with Gasteiger partial charge >= 0.3 is 5.82 Å². The Bertz CT molecular complexity index is 594. The number of rotatable bonds is 6. The van der Waals surface area contributed by atoms with Crippen LogP contribution in [0.5, 0.6) is 5.75 Å². The highest BCUT2D eigenvalue weighted by Gasteiger charge is 2.19. The molecule has 8 nitrogen and oxygen atoms in total. The van der Waals surface area contributed by atoms with Crippen molar-refractivity contribution in [2.24, 2.45) is 12.8 Å². The van der Waals surface area contributed by atoms with Gasteiger partial charge in [0.05, 0.1) is 0 Å². The number of anilines is 2. The molecule has 1 aromatic heterocycles. The van der Waals surface area contributed by atoms with Gasteiger partial charge in [-0.25, -0.2) is 0 Å². The fraction of sp³-hybridized carbons (Fsp3) is 0.250. The first-order valence-corrected chi connectivity index (χ1v) is 5.97. The molecule has 0 unspecified atom stereocenters. The van der Waals surface area contributed by atoms with Crippen LogP contribution in [0.15, 0.2) is 30.6 Å². The van der Waals surface area contributed by atoms with Crippen LogP contribution in [0.4, 0.5) is 17.3 Å². The number of hydrogen-bond donors (Lipinski definition) is 2. The Morgan fingerprint density at radius 3 is 2.75 bits per heavy atom. The van der Waals surface area contributed by atoms with E-state index in [0.717, 1.165) is 0 Å². The van der Waals surface area contributed by atoms with Crippen LogP contribution in [0.1, 0.15) is 0 Å². The Labute approximate surface area is 115 Å². The number of aromatic nitrogens is 2. The molecular weight excluding hydrogens is 262 g/mol. The topological polar surface area (TPSA) is 108 Å². The highest BCUT2D eigenvalue weighted by molar-refractivity contribution is 5.64. The minimum absolute atomic E-state index is 0.212. The second-order valence-electron chi connectivity index (χ2n) is 4.07. The molecule has 0 amide bonds. The lowest BCUT2D eigenvalue weighted by Crippen LogP contribution is -2.10. The molecule has 0 saturated carbocycles. The molecule has 20 heavy (non-hydrogen) atoms. The van der Waals surface area contributed by atoms with Crippen LogP contribution in [0, 0.1) is 10.1 Å². The SMILES string of the molecule is Cn1cnc([N+](=O)[O-])c1Nc1ccc(OCCN)cc1. The van der Waals surface area contributed by atoms with Crippen LogP contribution in [-0.4, -0.2) is 27.6 Å². The van der Waals surface area contributed by atoms with Gasteiger partial charge in [-0.2, -0.15) is 0 Å². The largest absolute Gasteiger partial charge is 0.492 e. The second-order valence-corrected chi connectivity index (χ2v) is 4.07. The van der Waals surface area contributed by atoms with E-state index in [4.69, 9.17) is 10.5 Å². The van der Waals surface area contributed by atoms with Gasteiger partial charge in [-0.1, -0.05) is 0 Å². The molecule has 0 saturated heterocycles. The van der Waals surface area contributed by atoms with Crippen LogP contribution < -0.4 is 15.8 Å². The van der Waals surface area contributed by atoms with Gasteiger partial charge in [0.15, 0.2) is 0 Å². The molecule has 0 aliphatic rings. The Kier molecular flexibility index (Phi) is 4.16. The van der Waals surface area contributed by atoms with Crippen molar-refractivity contribution in [3.05, 3.63) is 40.7 Å². The zero-order valence-electron chi connectivity index (χ0n) is 10.9. The summed E-state index contributed by atoms with van der Waals surface area (Å²) in [6.07, 6.45) is 1.39. The van der Waals surface area contributed by atoms with E-state index in [1.165, 1.54) is 6.33 Å². The summed E-state index contributed by atoms with van der Waals surface area (Å²) in [5.41, 5.74) is 6.05. The normalized spacial score (nSPS) is 10.3. The number of nitro groups is 1. The number of benzene rings is 1. The van der Waals surface area contributed by atoms with Crippen LogP contribution in [0.25, 0.3) is 0 Å². The lowest BCUT2D eigenvalue weighted by molar-refractivity contribution is -0.388. The van der Waals surface area contributed by atoms with E-state index in [1.807, 2.05) is 0 Å². The highest BCUT2D eigenvalue weighted by Crippen LogP contribution is 2.26. The summed E-state index contributed by atoms with van der Waals surface area (Å²) in [4.78, 5) is 14.1. The minimum Gasteiger partial charge on any atom is -0.492 e. The summed E-state index contributed by atoms with van der Waals surface area (Å²) in [6, 6.07) is 7.06. The van der Waals surface area contributed by atoms with Gasteiger partial charge in [0.2, 0.25) is 12.1 Å². The molecule has 0 bridgehead atoms. The molecule has 2 aromatic rings. The molecule has 0 radical (unpaired) electrons. The Balaban J connectivity index is 2.14. The molecule has 106 valence electrons. The summed E-state index contributed by atoms with van der Waals surface area (Å²) >= 11 is 0. The molecule has 0 atom stereocenters. The molecule has 0 aliphatic carbocycles. The lowest BCUT2D eigenvalue weighted by atomic mass is 10.3. The smallest absolute Gasteiger partial charge is 0.406 e. The number of aryl methyl sites for hydroxylation is 1. The first kappa shape index (κ1) is 13.8. The van der Waals surface area contributed by atoms with Gasteiger partial charge < -0.3 is 25.9 Å². The maximum absolute atomic E-state index is 10.9. The van der Waals surface area contributed by atoms with Crippen LogP contribution >= 0.6 is 0 Å². The van der Waals surface area contributed by atoms with E-state index < -0.39 is 4.92 Å². The fourth-order valence-corrected chi connectivity index (χ4v) is 1.64. The summed E-state index contributed by atoms with van der Waals surface area (Å²) < 4.78 is 6.91. The molecule has 0 aliphatic heterocycles. The third-order valence-corrected chi connectivity index (χ3v) is 2.59. The summed E-state index contributed by atoms with van der Waals surface area (Å²) in [5, 5.41) is 13.8. The highest BCUT2D eigenvalue weighted by atomic mass is 16.6. The zero-order chi connectivity index (χ0) is 14.5. The van der Waals surface area contributed by atoms with Gasteiger partial charge in [-0.3, -0.25) is 4.57 Å². The molecule has 1 heterocycles. The summed E-state index contributed by atoms with van der Waals surface area (Å²) in [5.74, 6) is 0.807. The molecular formula is C12H15N5O3. The fourth-order valence-electron chi connectivity index (χ4n) is 1.64. The predicted molar refractivity (Wildman–Crippen MR) is 74.1 cm³/mol. The lowest BCUT2D eigenvalue weighted by Gasteiger charge is -2.08. The van der Waals surface area contributed by atoms with Crippen molar-refractivity contribution in [3.63, 3.8) is 0 Å². The van der Waals surface area contributed by atoms with Crippen molar-refractivity contribution in [3.8, 4) is 5.75 Å². The van der Waals surface area contributed by atoms with Gasteiger partial charge in [0.25, 0.3) is 0 Å². The number of nitrogens with one attached hydrogen (secondary N) is 1. The Morgan fingerprint density at radius 2 is 2.15 bits per heavy atom. The first-order chi connectivity index (χ1) is 9.61. The van der Waals surface area contributed by atoms with E-state index in [9.17, 15) is 10.1 Å². The quantitative estimate of drug-likeness (QED) is 0.610. The number of ether oxygens (including phenoxy) is 1. The Morgan fingerprint density at radius 1 is 1.45 bits per heavy atom. The maximum atomic E-state index is 10.9. The molecule has 0 spiro atoms. The summed E-state index contributed by atoms with van der Waals surface area (Å²) in [6.45, 7) is 0.890. The van der Waals surface area contributed by atoms with E-state index in [2.05, 4.69) is 10.3 Å². The van der Waals surface area contributed by atoms with Gasteiger partial charge in [0, 0.05) is 19.3 Å². The summed E-state index contributed by atoms with van der Waals surface area (Å²) in [7, 11) is 1.68. The standard InChI is InChI=1S/C12H15N5O3/c1-16-8-14-11(17(18)19)12(16)15-9-2-4-10(5-3-9)20-7-6-13/h2-5,8,15H,6-7,13H2,1H3. The molecule has 0 fully saturated rings. The van der Waals surface area contributed by atoms with Crippen molar-refractivity contribution in [1.29, 1.82) is 0 Å². The van der Waals surface area contributed by atoms with Crippen molar-refractivity contribution < 1.29 is 9.66 Å². The second kappa shape index (κ2) is 6.02. The minimum atomic E-state index is -0.527. The van der Waals surface area contributed by atoms with Crippen LogP contribution in [0.3, 0.4) is 0 Å². The molecule has 8 heteroatoms. The van der Waals surface area contributed by atoms with E-state index >= 15 is 0 Å². The Hall–Kier alpha value is -2.61. The zero-order valence-corrected chi connectivity index (χ0v) is 10.9. The van der Waals surface area contributed by atoms with Crippen molar-refractivity contribution >= 4 is 17.3 Å². The third-order valence-electron chi connectivity index (χ3n) is 2.59. The van der Waals surface area contributed by atoms with Crippen molar-refractivity contribution in [2.45, 2.75) is 0 Å². The number of nitrogens with zero attached hydrogens (tertiary/aromatic N) is 3.